The molecule has 9 heteroatoms. The van der Waals surface area contributed by atoms with Crippen molar-refractivity contribution in [1.29, 1.82) is 0 Å². The molecule has 0 atom stereocenters. The Morgan fingerprint density at radius 3 is 2.56 bits per heavy atom. The van der Waals surface area contributed by atoms with Gasteiger partial charge in [0, 0.05) is 27.7 Å². The first-order valence-corrected chi connectivity index (χ1v) is 11.0. The quantitative estimate of drug-likeness (QED) is 0.411. The van der Waals surface area contributed by atoms with Gasteiger partial charge >= 0.3 is 11.7 Å². The lowest BCUT2D eigenvalue weighted by Gasteiger charge is -2.10. The summed E-state index contributed by atoms with van der Waals surface area (Å²) >= 11 is 7.28. The monoisotopic (exact) mass is 465 g/mol. The predicted molar refractivity (Wildman–Crippen MR) is 126 cm³/mol. The zero-order valence-electron chi connectivity index (χ0n) is 16.8. The maximum absolute atomic E-state index is 13.3. The van der Waals surface area contributed by atoms with E-state index in [0.717, 1.165) is 15.7 Å². The zero-order chi connectivity index (χ0) is 22.6. The Labute approximate surface area is 189 Å². The minimum Gasteiger partial charge on any atom is -0.477 e. The number of aromatic amines is 1. The average molecular weight is 466 g/mol. The molecule has 7 nitrogen and oxygen atoms in total. The molecular weight excluding hydrogens is 450 g/mol. The van der Waals surface area contributed by atoms with Gasteiger partial charge in [-0.05, 0) is 36.8 Å². The van der Waals surface area contributed by atoms with Crippen LogP contribution in [-0.4, -0.2) is 25.2 Å². The third-order valence-electron chi connectivity index (χ3n) is 5.41. The number of halogens is 1. The number of aryl methyl sites for hydroxylation is 1. The van der Waals surface area contributed by atoms with Gasteiger partial charge in [0.25, 0.3) is 5.56 Å². The van der Waals surface area contributed by atoms with E-state index in [-0.39, 0.29) is 17.9 Å². The summed E-state index contributed by atoms with van der Waals surface area (Å²) in [6.07, 6.45) is 0. The van der Waals surface area contributed by atoms with E-state index in [9.17, 15) is 19.5 Å². The smallest absolute Gasteiger partial charge is 0.354 e. The Balaban J connectivity index is 1.90. The van der Waals surface area contributed by atoms with Crippen LogP contribution in [0.15, 0.2) is 62.8 Å². The van der Waals surface area contributed by atoms with Crippen molar-refractivity contribution in [3.05, 3.63) is 95.9 Å². The molecule has 2 aromatic carbocycles. The van der Waals surface area contributed by atoms with Gasteiger partial charge in [-0.25, -0.2) is 14.2 Å². The molecule has 0 fully saturated rings. The first-order chi connectivity index (χ1) is 15.3. The first kappa shape index (κ1) is 20.3. The van der Waals surface area contributed by atoms with Gasteiger partial charge in [0.1, 0.15) is 0 Å². The van der Waals surface area contributed by atoms with E-state index in [2.05, 4.69) is 4.98 Å². The highest BCUT2D eigenvalue weighted by atomic mass is 35.5. The lowest BCUT2D eigenvalue weighted by molar-refractivity contribution is 0.0686. The number of H-pyrrole nitrogens is 1. The average Bonchev–Trinajstić information content (AvgIpc) is 3.33. The minimum absolute atomic E-state index is 0.0597. The number of hydrogen-bond acceptors (Lipinski definition) is 4. The molecule has 32 heavy (non-hydrogen) atoms. The lowest BCUT2D eigenvalue weighted by Crippen LogP contribution is -2.34. The van der Waals surface area contributed by atoms with Crippen LogP contribution >= 0.6 is 22.9 Å². The number of benzene rings is 2. The molecule has 5 rings (SSSR count). The van der Waals surface area contributed by atoms with E-state index in [4.69, 9.17) is 11.6 Å². The molecule has 0 aliphatic heterocycles. The molecule has 0 saturated carbocycles. The van der Waals surface area contributed by atoms with Crippen molar-refractivity contribution >= 4 is 50.7 Å². The lowest BCUT2D eigenvalue weighted by atomic mass is 10.1. The number of carbonyl (C=O) groups is 1. The summed E-state index contributed by atoms with van der Waals surface area (Å²) in [5.41, 5.74) is 1.42. The number of rotatable bonds is 4. The highest BCUT2D eigenvalue weighted by Gasteiger charge is 2.27. The van der Waals surface area contributed by atoms with Crippen LogP contribution in [-0.2, 0) is 6.54 Å². The normalized spacial score (nSPS) is 11.4. The maximum Gasteiger partial charge on any atom is 0.354 e. The third kappa shape index (κ3) is 3.16. The van der Waals surface area contributed by atoms with Crippen molar-refractivity contribution in [3.8, 4) is 5.69 Å². The summed E-state index contributed by atoms with van der Waals surface area (Å²) in [7, 11) is 0. The highest BCUT2D eigenvalue weighted by molar-refractivity contribution is 7.09. The third-order valence-corrected chi connectivity index (χ3v) is 6.41. The Morgan fingerprint density at radius 2 is 1.84 bits per heavy atom. The number of carboxylic acid groups (broad SMARTS) is 1. The molecule has 0 aliphatic carbocycles. The first-order valence-electron chi connectivity index (χ1n) is 9.67. The van der Waals surface area contributed by atoms with Crippen LogP contribution in [0.25, 0.3) is 27.5 Å². The fraction of sp³-hybridized carbons (Fsp3) is 0.0870. The van der Waals surface area contributed by atoms with Crippen molar-refractivity contribution in [3.63, 3.8) is 0 Å². The van der Waals surface area contributed by atoms with Crippen LogP contribution in [0.4, 0.5) is 0 Å². The number of thiophene rings is 1. The molecule has 0 amide bonds. The fourth-order valence-corrected chi connectivity index (χ4v) is 4.86. The van der Waals surface area contributed by atoms with Crippen molar-refractivity contribution in [2.24, 2.45) is 0 Å². The molecule has 3 heterocycles. The molecule has 0 bridgehead atoms. The van der Waals surface area contributed by atoms with Crippen molar-refractivity contribution < 1.29 is 9.90 Å². The van der Waals surface area contributed by atoms with E-state index >= 15 is 0 Å². The Kier molecular flexibility index (Phi) is 4.76. The highest BCUT2D eigenvalue weighted by Crippen LogP contribution is 2.31. The largest absolute Gasteiger partial charge is 0.477 e. The van der Waals surface area contributed by atoms with Gasteiger partial charge in [0.05, 0.1) is 22.1 Å². The molecule has 160 valence electrons. The van der Waals surface area contributed by atoms with Gasteiger partial charge in [-0.3, -0.25) is 4.79 Å². The second kappa shape index (κ2) is 7.51. The van der Waals surface area contributed by atoms with Crippen molar-refractivity contribution in [2.75, 3.05) is 0 Å². The number of hydrogen-bond donors (Lipinski definition) is 2. The second-order valence-electron chi connectivity index (χ2n) is 7.51. The molecule has 0 unspecified atom stereocenters. The number of fused-ring (bicyclic) bond motifs is 2. The number of nitrogens with zero attached hydrogens (tertiary/aromatic N) is 2. The molecular formula is C23H16ClN3O4S. The van der Waals surface area contributed by atoms with Crippen LogP contribution in [0, 0.1) is 6.92 Å². The van der Waals surface area contributed by atoms with Crippen molar-refractivity contribution in [2.45, 2.75) is 13.5 Å². The fourth-order valence-electron chi connectivity index (χ4n) is 3.98. The van der Waals surface area contributed by atoms with E-state index < -0.39 is 17.2 Å². The molecule has 0 aliphatic rings. The summed E-state index contributed by atoms with van der Waals surface area (Å²) in [5, 5.41) is 14.9. The molecule has 3 aromatic heterocycles. The Bertz CT molecular complexity index is 1640. The van der Waals surface area contributed by atoms with Crippen molar-refractivity contribution in [1.82, 2.24) is 14.1 Å². The van der Waals surface area contributed by atoms with Crippen LogP contribution in [0.1, 0.15) is 21.6 Å². The second-order valence-corrected chi connectivity index (χ2v) is 8.69. The SMILES string of the molecule is Cc1ccc2c(c1)c(-n1c(=O)[nH]c3cscc3c1=O)c(C(=O)O)n2Cc1ccc(Cl)cc1. The molecule has 2 N–H and O–H groups in total. The van der Waals surface area contributed by atoms with E-state index in [1.54, 1.807) is 39.6 Å². The minimum atomic E-state index is -1.24. The van der Waals surface area contributed by atoms with Gasteiger partial charge < -0.3 is 14.7 Å². The summed E-state index contributed by atoms with van der Waals surface area (Å²) in [4.78, 5) is 41.4. The summed E-state index contributed by atoms with van der Waals surface area (Å²) in [6, 6.07) is 12.5. The summed E-state index contributed by atoms with van der Waals surface area (Å²) in [6.45, 7) is 2.10. The van der Waals surface area contributed by atoms with E-state index in [1.165, 1.54) is 11.3 Å². The van der Waals surface area contributed by atoms with Gasteiger partial charge in [0.2, 0.25) is 0 Å². The Morgan fingerprint density at radius 1 is 1.09 bits per heavy atom. The standard InChI is InChI=1S/C23H16ClN3O4S/c1-12-2-7-18-15(8-12)19(27-21(28)16-10-32-11-17(16)25-23(27)31)20(22(29)30)26(18)9-13-3-5-14(24)6-4-13/h2-8,10-11H,9H2,1H3,(H,25,31)(H,29,30). The molecule has 0 saturated heterocycles. The predicted octanol–water partition coefficient (Wildman–Crippen LogP) is 4.40. The van der Waals surface area contributed by atoms with Crippen LogP contribution in [0.5, 0.6) is 0 Å². The summed E-state index contributed by atoms with van der Waals surface area (Å²) < 4.78 is 2.54. The topological polar surface area (TPSA) is 97.1 Å². The van der Waals surface area contributed by atoms with Gasteiger partial charge in [0.15, 0.2) is 5.69 Å². The van der Waals surface area contributed by atoms with E-state index in [1.807, 2.05) is 25.1 Å². The Hall–Kier alpha value is -3.62. The number of nitrogens with one attached hydrogen (secondary N) is 1. The van der Waals surface area contributed by atoms with Gasteiger partial charge in [-0.15, -0.1) is 11.3 Å². The molecule has 0 spiro atoms. The maximum atomic E-state index is 13.3. The van der Waals surface area contributed by atoms with Gasteiger partial charge in [-0.1, -0.05) is 35.4 Å². The molecule has 0 radical (unpaired) electrons. The van der Waals surface area contributed by atoms with Crippen LogP contribution in [0.2, 0.25) is 5.02 Å². The number of carboxylic acids is 1. The van der Waals surface area contributed by atoms with E-state index in [0.29, 0.717) is 26.8 Å². The zero-order valence-corrected chi connectivity index (χ0v) is 18.3. The van der Waals surface area contributed by atoms with Crippen LogP contribution in [0.3, 0.4) is 0 Å². The number of aromatic nitrogens is 3. The summed E-state index contributed by atoms with van der Waals surface area (Å²) in [5.74, 6) is -1.24. The van der Waals surface area contributed by atoms with Crippen LogP contribution < -0.4 is 11.2 Å². The van der Waals surface area contributed by atoms with Gasteiger partial charge in [-0.2, -0.15) is 0 Å². The molecule has 5 aromatic rings. The number of aromatic carboxylic acids is 1.